The number of rotatable bonds is 5. The van der Waals surface area contributed by atoms with Gasteiger partial charge in [0, 0.05) is 28.9 Å². The van der Waals surface area contributed by atoms with E-state index >= 15 is 0 Å². The minimum atomic E-state index is 0.0913. The second-order valence-corrected chi connectivity index (χ2v) is 8.56. The lowest BCUT2D eigenvalue weighted by Crippen LogP contribution is -2.39. The largest absolute Gasteiger partial charge is 0.420 e. The molecule has 1 atom stereocenters. The topological polar surface area (TPSA) is 59.2 Å². The van der Waals surface area contributed by atoms with Gasteiger partial charge in [-0.05, 0) is 42.2 Å². The average molecular weight is 400 g/mol. The smallest absolute Gasteiger partial charge is 0.255 e. The molecule has 140 valence electrons. The number of amides is 1. The van der Waals surface area contributed by atoms with E-state index in [0.717, 1.165) is 41.2 Å². The molecule has 27 heavy (non-hydrogen) atoms. The summed E-state index contributed by atoms with van der Waals surface area (Å²) in [6.07, 6.45) is 1.90. The molecular formula is C20H21N3O2S2. The molecule has 1 aliphatic heterocycles. The maximum absolute atomic E-state index is 13.1. The minimum absolute atomic E-state index is 0.0913. The molecule has 1 aromatic carbocycles. The van der Waals surface area contributed by atoms with E-state index in [0.29, 0.717) is 18.3 Å². The first-order chi connectivity index (χ1) is 13.3. The molecule has 7 heteroatoms. The van der Waals surface area contributed by atoms with Crippen LogP contribution in [0.15, 0.2) is 50.4 Å². The first kappa shape index (κ1) is 18.3. The van der Waals surface area contributed by atoms with E-state index in [-0.39, 0.29) is 11.8 Å². The van der Waals surface area contributed by atoms with E-state index in [1.807, 2.05) is 46.0 Å². The van der Waals surface area contributed by atoms with Crippen LogP contribution in [0.3, 0.4) is 0 Å². The number of thioether (sulfide) groups is 1. The van der Waals surface area contributed by atoms with Crippen LogP contribution in [0.2, 0.25) is 0 Å². The molecule has 3 heterocycles. The monoisotopic (exact) mass is 399 g/mol. The number of nitrogens with zero attached hydrogens (tertiary/aromatic N) is 3. The molecule has 5 nitrogen and oxygen atoms in total. The third-order valence-corrected chi connectivity index (χ3v) is 6.32. The number of carbonyl (C=O) groups excluding carboxylic acids is 1. The van der Waals surface area contributed by atoms with E-state index in [2.05, 4.69) is 17.1 Å². The van der Waals surface area contributed by atoms with Crippen molar-refractivity contribution >= 4 is 29.0 Å². The molecule has 1 fully saturated rings. The van der Waals surface area contributed by atoms with Gasteiger partial charge >= 0.3 is 0 Å². The molecule has 2 aromatic heterocycles. The fourth-order valence-corrected chi connectivity index (χ4v) is 4.79. The highest BCUT2D eigenvalue weighted by Crippen LogP contribution is 2.31. The molecule has 4 rings (SSSR count). The number of hydrogen-bond donors (Lipinski definition) is 0. The lowest BCUT2D eigenvalue weighted by molar-refractivity contribution is 0.0695. The van der Waals surface area contributed by atoms with E-state index in [4.69, 9.17) is 4.42 Å². The molecule has 1 unspecified atom stereocenters. The Morgan fingerprint density at radius 2 is 2.22 bits per heavy atom. The van der Waals surface area contributed by atoms with Crippen molar-refractivity contribution in [1.82, 2.24) is 15.1 Å². The molecule has 3 aromatic rings. The van der Waals surface area contributed by atoms with Gasteiger partial charge in [0.1, 0.15) is 0 Å². The minimum Gasteiger partial charge on any atom is -0.420 e. The van der Waals surface area contributed by atoms with Crippen LogP contribution in [0.4, 0.5) is 0 Å². The van der Waals surface area contributed by atoms with Crippen LogP contribution < -0.4 is 0 Å². The number of hydrogen-bond acceptors (Lipinski definition) is 6. The van der Waals surface area contributed by atoms with Crippen LogP contribution in [0.1, 0.15) is 41.9 Å². The maximum Gasteiger partial charge on any atom is 0.255 e. The fraction of sp³-hybridized carbons (Fsp3) is 0.350. The van der Waals surface area contributed by atoms with Gasteiger partial charge in [-0.3, -0.25) is 4.79 Å². The molecule has 0 N–H and O–H groups in total. The highest BCUT2D eigenvalue weighted by Gasteiger charge is 2.29. The number of thiophene rings is 1. The molecule has 0 bridgehead atoms. The zero-order chi connectivity index (χ0) is 18.6. The first-order valence-electron chi connectivity index (χ1n) is 9.13. The molecule has 0 radical (unpaired) electrons. The number of piperidine rings is 1. The Kier molecular flexibility index (Phi) is 5.59. The molecular weight excluding hydrogens is 378 g/mol. The number of likely N-dealkylation sites (tertiary alicyclic amines) is 1. The Morgan fingerprint density at radius 3 is 3.04 bits per heavy atom. The predicted octanol–water partition coefficient (Wildman–Crippen LogP) is 4.93. The summed E-state index contributed by atoms with van der Waals surface area (Å²) in [5.74, 6) is 2.31. The molecule has 0 saturated carbocycles. The maximum atomic E-state index is 13.1. The summed E-state index contributed by atoms with van der Waals surface area (Å²) in [5.41, 5.74) is 1.74. The lowest BCUT2D eigenvalue weighted by Gasteiger charge is -2.31. The zero-order valence-corrected chi connectivity index (χ0v) is 16.8. The van der Waals surface area contributed by atoms with Crippen LogP contribution in [-0.2, 0) is 0 Å². The summed E-state index contributed by atoms with van der Waals surface area (Å²) in [4.78, 5) is 16.1. The van der Waals surface area contributed by atoms with Crippen molar-refractivity contribution in [2.45, 2.75) is 30.6 Å². The molecule has 1 amide bonds. The molecule has 1 saturated heterocycles. The Labute approximate surface area is 166 Å². The van der Waals surface area contributed by atoms with Gasteiger partial charge in [-0.25, -0.2) is 0 Å². The number of benzene rings is 1. The summed E-state index contributed by atoms with van der Waals surface area (Å²) < 4.78 is 5.91. The summed E-state index contributed by atoms with van der Waals surface area (Å²) in [5, 5.41) is 12.4. The van der Waals surface area contributed by atoms with Gasteiger partial charge in [0.15, 0.2) is 0 Å². The Hall–Kier alpha value is -2.12. The quantitative estimate of drug-likeness (QED) is 0.569. The van der Waals surface area contributed by atoms with Crippen molar-refractivity contribution in [2.75, 3.05) is 18.8 Å². The van der Waals surface area contributed by atoms with Crippen molar-refractivity contribution in [3.05, 3.63) is 52.5 Å². The van der Waals surface area contributed by atoms with E-state index in [1.54, 1.807) is 23.1 Å². The van der Waals surface area contributed by atoms with Gasteiger partial charge in [0.2, 0.25) is 11.8 Å². The second-order valence-electron chi connectivity index (χ2n) is 6.48. The van der Waals surface area contributed by atoms with Gasteiger partial charge in [0.05, 0.1) is 11.5 Å². The third kappa shape index (κ3) is 3.94. The summed E-state index contributed by atoms with van der Waals surface area (Å²) in [6.45, 7) is 3.49. The molecule has 0 aliphatic carbocycles. The molecule has 1 aliphatic rings. The van der Waals surface area contributed by atoms with Gasteiger partial charge in [-0.2, -0.15) is 11.3 Å². The van der Waals surface area contributed by atoms with Crippen molar-refractivity contribution in [3.63, 3.8) is 0 Å². The highest BCUT2D eigenvalue weighted by atomic mass is 32.2. The summed E-state index contributed by atoms with van der Waals surface area (Å²) in [7, 11) is 0. The van der Waals surface area contributed by atoms with Crippen LogP contribution in [-0.4, -0.2) is 39.8 Å². The van der Waals surface area contributed by atoms with Crippen molar-refractivity contribution in [2.24, 2.45) is 0 Å². The van der Waals surface area contributed by atoms with Crippen LogP contribution in [0.25, 0.3) is 11.5 Å². The van der Waals surface area contributed by atoms with Crippen LogP contribution in [0.5, 0.6) is 0 Å². The highest BCUT2D eigenvalue weighted by molar-refractivity contribution is 7.99. The van der Waals surface area contributed by atoms with Gasteiger partial charge in [0.25, 0.3) is 5.91 Å². The fourth-order valence-electron chi connectivity index (χ4n) is 3.36. The van der Waals surface area contributed by atoms with Crippen molar-refractivity contribution < 1.29 is 9.21 Å². The molecule has 0 spiro atoms. The summed E-state index contributed by atoms with van der Waals surface area (Å²) >= 11 is 3.31. The average Bonchev–Trinajstić information content (AvgIpc) is 3.40. The van der Waals surface area contributed by atoms with E-state index in [1.165, 1.54) is 0 Å². The zero-order valence-electron chi connectivity index (χ0n) is 15.1. The Morgan fingerprint density at radius 1 is 1.33 bits per heavy atom. The third-order valence-electron chi connectivity index (χ3n) is 4.68. The Balaban J connectivity index is 1.51. The van der Waals surface area contributed by atoms with Crippen molar-refractivity contribution in [3.8, 4) is 11.5 Å². The van der Waals surface area contributed by atoms with Crippen molar-refractivity contribution in [1.29, 1.82) is 0 Å². The SMILES string of the molecule is CCSc1ccccc1C(=O)N1CCCC(c2nnc(-c3ccsc3)o2)C1. The van der Waals surface area contributed by atoms with Gasteiger partial charge < -0.3 is 9.32 Å². The number of carbonyl (C=O) groups is 1. The second kappa shape index (κ2) is 8.27. The normalized spacial score (nSPS) is 17.2. The Bertz CT molecular complexity index is 908. The van der Waals surface area contributed by atoms with Crippen LogP contribution >= 0.6 is 23.1 Å². The first-order valence-corrected chi connectivity index (χ1v) is 11.1. The predicted molar refractivity (Wildman–Crippen MR) is 108 cm³/mol. The van der Waals surface area contributed by atoms with Crippen LogP contribution in [0, 0.1) is 0 Å². The van der Waals surface area contributed by atoms with Gasteiger partial charge in [-0.1, -0.05) is 19.1 Å². The van der Waals surface area contributed by atoms with Gasteiger partial charge in [-0.15, -0.1) is 22.0 Å². The van der Waals surface area contributed by atoms with E-state index < -0.39 is 0 Å². The number of aromatic nitrogens is 2. The standard InChI is InChI=1S/C20H21N3O2S2/c1-2-27-17-8-4-3-7-16(17)20(24)23-10-5-6-14(12-23)18-21-22-19(25-18)15-9-11-26-13-15/h3-4,7-9,11,13-14H,2,5-6,10,12H2,1H3. The van der Waals surface area contributed by atoms with E-state index in [9.17, 15) is 4.79 Å². The lowest BCUT2D eigenvalue weighted by atomic mass is 9.97. The summed E-state index contributed by atoms with van der Waals surface area (Å²) in [6, 6.07) is 9.83.